The van der Waals surface area contributed by atoms with Crippen LogP contribution < -0.4 is 0 Å². The van der Waals surface area contributed by atoms with Gasteiger partial charge in [0, 0.05) is 11.6 Å². The van der Waals surface area contributed by atoms with Crippen molar-refractivity contribution in [2.24, 2.45) is 0 Å². The quantitative estimate of drug-likeness (QED) is 0.892. The highest BCUT2D eigenvalue weighted by molar-refractivity contribution is 5.87. The Bertz CT molecular complexity index is 626. The molecule has 0 aliphatic heterocycles. The van der Waals surface area contributed by atoms with Crippen LogP contribution in [-0.2, 0) is 5.41 Å². The van der Waals surface area contributed by atoms with Gasteiger partial charge in [0.05, 0.1) is 5.56 Å². The van der Waals surface area contributed by atoms with Crippen LogP contribution in [0.3, 0.4) is 0 Å². The molecule has 0 fully saturated rings. The van der Waals surface area contributed by atoms with Crippen LogP contribution in [0.1, 0.15) is 42.5 Å². The van der Waals surface area contributed by atoms with Gasteiger partial charge >= 0.3 is 5.97 Å². The molecule has 0 aromatic carbocycles. The summed E-state index contributed by atoms with van der Waals surface area (Å²) in [4.78, 5) is 19.3. The van der Waals surface area contributed by atoms with E-state index in [-0.39, 0.29) is 11.0 Å². The highest BCUT2D eigenvalue weighted by Crippen LogP contribution is 2.19. The average molecular weight is 260 g/mol. The normalized spacial score (nSPS) is 11.6. The molecule has 100 valence electrons. The van der Waals surface area contributed by atoms with Gasteiger partial charge in [0.25, 0.3) is 0 Å². The van der Waals surface area contributed by atoms with E-state index in [1.165, 1.54) is 6.20 Å². The number of pyridine rings is 1. The molecule has 6 heteroatoms. The maximum absolute atomic E-state index is 10.9. The standard InChI is InChI=1S/C13H16N4O2/c1-8-5-9(11(18)19)6-14-10(8)17-7-15-12(16-17)13(2,3)4/h5-7H,1-4H3,(H,18,19). The van der Waals surface area contributed by atoms with E-state index in [9.17, 15) is 4.79 Å². The molecule has 0 saturated heterocycles. The lowest BCUT2D eigenvalue weighted by molar-refractivity contribution is 0.0696. The lowest BCUT2D eigenvalue weighted by Gasteiger charge is -2.12. The van der Waals surface area contributed by atoms with E-state index >= 15 is 0 Å². The minimum atomic E-state index is -0.990. The molecular weight excluding hydrogens is 244 g/mol. The first-order valence-corrected chi connectivity index (χ1v) is 5.91. The second kappa shape index (κ2) is 4.46. The molecular formula is C13H16N4O2. The Kier molecular flexibility index (Phi) is 3.09. The third-order valence-corrected chi connectivity index (χ3v) is 2.68. The molecule has 0 aliphatic carbocycles. The van der Waals surface area contributed by atoms with Gasteiger partial charge in [0.15, 0.2) is 11.6 Å². The maximum atomic E-state index is 10.9. The highest BCUT2D eigenvalue weighted by atomic mass is 16.4. The molecule has 1 N–H and O–H groups in total. The van der Waals surface area contributed by atoms with Gasteiger partial charge in [-0.1, -0.05) is 20.8 Å². The zero-order valence-electron chi connectivity index (χ0n) is 11.4. The van der Waals surface area contributed by atoms with Crippen LogP contribution in [0, 0.1) is 6.92 Å². The molecule has 6 nitrogen and oxygen atoms in total. The molecule has 2 heterocycles. The van der Waals surface area contributed by atoms with E-state index in [1.54, 1.807) is 24.0 Å². The van der Waals surface area contributed by atoms with E-state index in [0.29, 0.717) is 5.82 Å². The molecule has 0 amide bonds. The number of aromatic nitrogens is 4. The summed E-state index contributed by atoms with van der Waals surface area (Å²) in [5.41, 5.74) is 0.767. The molecule has 2 aromatic heterocycles. The molecule has 0 spiro atoms. The Hall–Kier alpha value is -2.24. The first-order valence-electron chi connectivity index (χ1n) is 5.91. The molecule has 0 unspecified atom stereocenters. The van der Waals surface area contributed by atoms with Crippen molar-refractivity contribution in [1.29, 1.82) is 0 Å². The van der Waals surface area contributed by atoms with Gasteiger partial charge in [-0.25, -0.2) is 19.4 Å². The molecule has 0 saturated carbocycles. The number of aromatic carboxylic acids is 1. The van der Waals surface area contributed by atoms with Gasteiger partial charge in [-0.05, 0) is 18.6 Å². The number of carboxylic acid groups (broad SMARTS) is 1. The molecule has 2 rings (SSSR count). The minimum Gasteiger partial charge on any atom is -0.478 e. The summed E-state index contributed by atoms with van der Waals surface area (Å²) in [6.45, 7) is 7.88. The fraction of sp³-hybridized carbons (Fsp3) is 0.385. The van der Waals surface area contributed by atoms with Gasteiger partial charge in [-0.15, -0.1) is 5.10 Å². The van der Waals surface area contributed by atoms with Crippen LogP contribution in [0.15, 0.2) is 18.6 Å². The maximum Gasteiger partial charge on any atom is 0.337 e. The predicted molar refractivity (Wildman–Crippen MR) is 69.6 cm³/mol. The summed E-state index contributed by atoms with van der Waals surface area (Å²) in [5.74, 6) is 0.320. The van der Waals surface area contributed by atoms with Gasteiger partial charge in [-0.2, -0.15) is 0 Å². The molecule has 2 aromatic rings. The lowest BCUT2D eigenvalue weighted by atomic mass is 9.96. The SMILES string of the molecule is Cc1cc(C(=O)O)cnc1-n1cnc(C(C)(C)C)n1. The summed E-state index contributed by atoms with van der Waals surface area (Å²) >= 11 is 0. The Labute approximate surface area is 111 Å². The average Bonchev–Trinajstić information content (AvgIpc) is 2.77. The van der Waals surface area contributed by atoms with Gasteiger partial charge in [0.2, 0.25) is 0 Å². The van der Waals surface area contributed by atoms with Gasteiger partial charge in [0.1, 0.15) is 6.33 Å². The van der Waals surface area contributed by atoms with Gasteiger partial charge < -0.3 is 5.11 Å². The van der Waals surface area contributed by atoms with Crippen LogP contribution in [0.5, 0.6) is 0 Å². The van der Waals surface area contributed by atoms with E-state index in [0.717, 1.165) is 11.4 Å². The summed E-state index contributed by atoms with van der Waals surface area (Å²) in [7, 11) is 0. The summed E-state index contributed by atoms with van der Waals surface area (Å²) in [5, 5.41) is 13.3. The number of aryl methyl sites for hydroxylation is 1. The number of hydrogen-bond donors (Lipinski definition) is 1. The Morgan fingerprint density at radius 1 is 1.32 bits per heavy atom. The summed E-state index contributed by atoms with van der Waals surface area (Å²) in [6.07, 6.45) is 2.92. The minimum absolute atomic E-state index is 0.139. The van der Waals surface area contributed by atoms with Crippen molar-refractivity contribution in [2.45, 2.75) is 33.1 Å². The fourth-order valence-corrected chi connectivity index (χ4v) is 1.63. The topological polar surface area (TPSA) is 80.9 Å². The van der Waals surface area contributed by atoms with E-state index in [1.807, 2.05) is 20.8 Å². The largest absolute Gasteiger partial charge is 0.478 e. The monoisotopic (exact) mass is 260 g/mol. The van der Waals surface area contributed by atoms with Crippen LogP contribution >= 0.6 is 0 Å². The molecule has 0 aliphatic rings. The highest BCUT2D eigenvalue weighted by Gasteiger charge is 2.19. The molecule has 0 bridgehead atoms. The van der Waals surface area contributed by atoms with Crippen molar-refractivity contribution in [3.8, 4) is 5.82 Å². The molecule has 0 radical (unpaired) electrons. The third-order valence-electron chi connectivity index (χ3n) is 2.68. The smallest absolute Gasteiger partial charge is 0.337 e. The van der Waals surface area contributed by atoms with Crippen molar-refractivity contribution < 1.29 is 9.90 Å². The number of hydrogen-bond acceptors (Lipinski definition) is 4. The first-order chi connectivity index (χ1) is 8.79. The lowest BCUT2D eigenvalue weighted by Crippen LogP contribution is -2.14. The Morgan fingerprint density at radius 3 is 2.47 bits per heavy atom. The second-order valence-corrected chi connectivity index (χ2v) is 5.43. The van der Waals surface area contributed by atoms with Crippen molar-refractivity contribution in [1.82, 2.24) is 19.7 Å². The van der Waals surface area contributed by atoms with Crippen molar-refractivity contribution in [3.63, 3.8) is 0 Å². The Balaban J connectivity index is 2.43. The van der Waals surface area contributed by atoms with E-state index in [4.69, 9.17) is 5.11 Å². The summed E-state index contributed by atoms with van der Waals surface area (Å²) < 4.78 is 1.57. The van der Waals surface area contributed by atoms with Crippen LogP contribution in [0.25, 0.3) is 5.82 Å². The summed E-state index contributed by atoms with van der Waals surface area (Å²) in [6, 6.07) is 1.57. The Morgan fingerprint density at radius 2 is 2.00 bits per heavy atom. The van der Waals surface area contributed by atoms with Crippen molar-refractivity contribution >= 4 is 5.97 Å². The van der Waals surface area contributed by atoms with Crippen LogP contribution in [0.4, 0.5) is 0 Å². The third kappa shape index (κ3) is 2.62. The number of carboxylic acids is 1. The fourth-order valence-electron chi connectivity index (χ4n) is 1.63. The second-order valence-electron chi connectivity index (χ2n) is 5.43. The zero-order chi connectivity index (χ0) is 14.2. The predicted octanol–water partition coefficient (Wildman–Crippen LogP) is 1.97. The van der Waals surface area contributed by atoms with Crippen molar-refractivity contribution in [2.75, 3.05) is 0 Å². The van der Waals surface area contributed by atoms with Crippen molar-refractivity contribution in [3.05, 3.63) is 35.5 Å². The molecule has 19 heavy (non-hydrogen) atoms. The number of carbonyl (C=O) groups is 1. The number of nitrogens with zero attached hydrogens (tertiary/aromatic N) is 4. The van der Waals surface area contributed by atoms with E-state index < -0.39 is 5.97 Å². The first kappa shape index (κ1) is 13.2. The van der Waals surface area contributed by atoms with Gasteiger partial charge in [-0.3, -0.25) is 0 Å². The van der Waals surface area contributed by atoms with E-state index in [2.05, 4.69) is 15.1 Å². The number of rotatable bonds is 2. The van der Waals surface area contributed by atoms with Crippen LogP contribution in [0.2, 0.25) is 0 Å². The molecule has 0 atom stereocenters. The van der Waals surface area contributed by atoms with Crippen LogP contribution in [-0.4, -0.2) is 30.8 Å². The zero-order valence-corrected chi connectivity index (χ0v) is 11.4.